The Hall–Kier alpha value is -2.51. The van der Waals surface area contributed by atoms with Gasteiger partial charge in [0.25, 0.3) is 0 Å². The summed E-state index contributed by atoms with van der Waals surface area (Å²) in [7, 11) is 0. The van der Waals surface area contributed by atoms with E-state index in [1.807, 2.05) is 28.5 Å². The zero-order chi connectivity index (χ0) is 18.8. The third-order valence-corrected chi connectivity index (χ3v) is 6.08. The van der Waals surface area contributed by atoms with E-state index in [0.717, 1.165) is 17.7 Å². The molecule has 1 amide bonds. The highest BCUT2D eigenvalue weighted by Gasteiger charge is 2.31. The topological polar surface area (TPSA) is 75.4 Å². The Labute approximate surface area is 160 Å². The van der Waals surface area contributed by atoms with Gasteiger partial charge in [0, 0.05) is 22.8 Å². The quantitative estimate of drug-likeness (QED) is 0.735. The van der Waals surface area contributed by atoms with Gasteiger partial charge in [-0.25, -0.2) is 0 Å². The summed E-state index contributed by atoms with van der Waals surface area (Å²) in [4.78, 5) is 27.7. The van der Waals surface area contributed by atoms with Gasteiger partial charge in [-0.05, 0) is 42.8 Å². The molecule has 0 aliphatic carbocycles. The first-order valence-electron chi connectivity index (χ1n) is 9.09. The van der Waals surface area contributed by atoms with Crippen LogP contribution in [0.15, 0.2) is 52.8 Å². The van der Waals surface area contributed by atoms with E-state index in [1.165, 1.54) is 17.5 Å². The van der Waals surface area contributed by atoms with Crippen LogP contribution < -0.4 is 5.43 Å². The van der Waals surface area contributed by atoms with Crippen molar-refractivity contribution >= 4 is 28.1 Å². The molecule has 7 heteroatoms. The van der Waals surface area contributed by atoms with Crippen LogP contribution >= 0.6 is 11.3 Å². The molecule has 6 nitrogen and oxygen atoms in total. The van der Waals surface area contributed by atoms with Crippen LogP contribution in [-0.4, -0.2) is 38.3 Å². The summed E-state index contributed by atoms with van der Waals surface area (Å²) in [5.74, 6) is -0.0304. The Kier molecular flexibility index (Phi) is 5.05. The molecule has 140 valence electrons. The monoisotopic (exact) mass is 383 g/mol. The van der Waals surface area contributed by atoms with Gasteiger partial charge in [0.1, 0.15) is 6.54 Å². The van der Waals surface area contributed by atoms with Crippen molar-refractivity contribution in [1.82, 2.24) is 14.7 Å². The summed E-state index contributed by atoms with van der Waals surface area (Å²) >= 11 is 1.53. The number of fused-ring (bicyclic) bond motifs is 1. The summed E-state index contributed by atoms with van der Waals surface area (Å²) < 4.78 is 1.59. The smallest absolute Gasteiger partial charge is 0.244 e. The average Bonchev–Trinajstić information content (AvgIpc) is 3.36. The largest absolute Gasteiger partial charge is 0.387 e. The molecule has 0 unspecified atom stereocenters. The Morgan fingerprint density at radius 2 is 2.15 bits per heavy atom. The van der Waals surface area contributed by atoms with E-state index < -0.39 is 6.10 Å². The van der Waals surface area contributed by atoms with E-state index in [9.17, 15) is 14.7 Å². The van der Waals surface area contributed by atoms with E-state index >= 15 is 0 Å². The number of amides is 1. The lowest BCUT2D eigenvalue weighted by Gasteiger charge is -2.26. The van der Waals surface area contributed by atoms with Gasteiger partial charge < -0.3 is 10.0 Å². The van der Waals surface area contributed by atoms with Crippen LogP contribution in [0.2, 0.25) is 0 Å². The van der Waals surface area contributed by atoms with Crippen molar-refractivity contribution in [3.05, 3.63) is 63.1 Å². The Morgan fingerprint density at radius 3 is 2.96 bits per heavy atom. The van der Waals surface area contributed by atoms with Crippen LogP contribution in [0.25, 0.3) is 10.9 Å². The number of aromatic nitrogens is 2. The number of aliphatic hydroxyl groups excluding tert-OH is 1. The van der Waals surface area contributed by atoms with E-state index in [-0.39, 0.29) is 23.9 Å². The van der Waals surface area contributed by atoms with E-state index in [2.05, 4.69) is 5.10 Å². The van der Waals surface area contributed by atoms with E-state index in [0.29, 0.717) is 23.9 Å². The second-order valence-electron chi connectivity index (χ2n) is 6.83. The lowest BCUT2D eigenvalue weighted by atomic mass is 10.1. The molecule has 3 heterocycles. The molecule has 1 aliphatic heterocycles. The predicted octanol–water partition coefficient (Wildman–Crippen LogP) is 2.57. The number of hydrogen-bond donors (Lipinski definition) is 1. The number of hydrogen-bond acceptors (Lipinski definition) is 5. The Morgan fingerprint density at radius 1 is 1.30 bits per heavy atom. The first-order valence-corrected chi connectivity index (χ1v) is 9.97. The molecule has 1 aliphatic rings. The van der Waals surface area contributed by atoms with Crippen molar-refractivity contribution in [3.8, 4) is 0 Å². The van der Waals surface area contributed by atoms with Crippen molar-refractivity contribution in [2.45, 2.75) is 38.0 Å². The fourth-order valence-corrected chi connectivity index (χ4v) is 4.49. The normalized spacial score (nSPS) is 18.1. The van der Waals surface area contributed by atoms with E-state index in [4.69, 9.17) is 0 Å². The summed E-state index contributed by atoms with van der Waals surface area (Å²) in [5.41, 5.74) is 0.514. The minimum Gasteiger partial charge on any atom is -0.387 e. The number of likely N-dealkylation sites (tertiary alicyclic amines) is 1. The van der Waals surface area contributed by atoms with Crippen LogP contribution in [0, 0.1) is 0 Å². The molecule has 1 saturated heterocycles. The fraction of sp³-hybridized carbons (Fsp3) is 0.350. The number of para-hydroxylation sites is 1. The molecule has 0 spiro atoms. The molecule has 27 heavy (non-hydrogen) atoms. The summed E-state index contributed by atoms with van der Waals surface area (Å²) in [6.07, 6.45) is 3.09. The molecule has 1 aromatic carbocycles. The molecule has 3 aromatic rings. The maximum atomic E-state index is 12.9. The molecule has 0 bridgehead atoms. The molecule has 0 saturated carbocycles. The second-order valence-corrected chi connectivity index (χ2v) is 7.81. The Balaban J connectivity index is 1.51. The lowest BCUT2D eigenvalue weighted by molar-refractivity contribution is -0.133. The van der Waals surface area contributed by atoms with Crippen LogP contribution in [0.4, 0.5) is 0 Å². The van der Waals surface area contributed by atoms with Gasteiger partial charge in [0.05, 0.1) is 17.8 Å². The number of aliphatic hydroxyl groups is 1. The number of thiophene rings is 1. The third kappa shape index (κ3) is 3.65. The Bertz CT molecular complexity index is 999. The molecule has 1 N–H and O–H groups in total. The third-order valence-electron chi connectivity index (χ3n) is 5.11. The van der Waals surface area contributed by atoms with Crippen LogP contribution in [0.5, 0.6) is 0 Å². The van der Waals surface area contributed by atoms with Crippen molar-refractivity contribution in [3.63, 3.8) is 0 Å². The van der Waals surface area contributed by atoms with Gasteiger partial charge in [-0.3, -0.25) is 14.3 Å². The number of carbonyl (C=O) groups excluding carboxylic acids is 1. The predicted molar refractivity (Wildman–Crippen MR) is 105 cm³/mol. The van der Waals surface area contributed by atoms with Crippen molar-refractivity contribution in [2.24, 2.45) is 0 Å². The highest BCUT2D eigenvalue weighted by atomic mass is 32.1. The van der Waals surface area contributed by atoms with Gasteiger partial charge in [0.15, 0.2) is 0 Å². The molecule has 2 atom stereocenters. The zero-order valence-corrected chi connectivity index (χ0v) is 15.6. The zero-order valence-electron chi connectivity index (χ0n) is 14.8. The van der Waals surface area contributed by atoms with Gasteiger partial charge in [-0.1, -0.05) is 18.2 Å². The summed E-state index contributed by atoms with van der Waals surface area (Å²) in [6.45, 7) is 0.783. The number of benzene rings is 1. The molecule has 0 radical (unpaired) electrons. The number of rotatable bonds is 5. The standard InChI is InChI=1S/C20H21N3O3S/c24-17(19-8-4-10-27-19)11-14-5-3-9-22(14)20(26)13-23-16-7-2-1-6-15(16)18(25)12-21-23/h1-2,4,6-8,10,12,14,17,24H,3,5,9,11,13H2/t14-,17-/m1/s1. The van der Waals surface area contributed by atoms with Gasteiger partial charge in [-0.2, -0.15) is 5.10 Å². The van der Waals surface area contributed by atoms with Gasteiger partial charge in [0.2, 0.25) is 11.3 Å². The SMILES string of the molecule is O=C(Cn1ncc(=O)c2ccccc21)N1CCC[C@@H]1C[C@@H](O)c1cccs1. The van der Waals surface area contributed by atoms with E-state index in [1.54, 1.807) is 22.9 Å². The lowest BCUT2D eigenvalue weighted by Crippen LogP contribution is -2.39. The van der Waals surface area contributed by atoms with Crippen molar-refractivity contribution < 1.29 is 9.90 Å². The molecular formula is C20H21N3O3S. The van der Waals surface area contributed by atoms with Crippen LogP contribution in [0.3, 0.4) is 0 Å². The van der Waals surface area contributed by atoms with Crippen molar-refractivity contribution in [2.75, 3.05) is 6.54 Å². The summed E-state index contributed by atoms with van der Waals surface area (Å²) in [6, 6.07) is 11.1. The number of carbonyl (C=O) groups is 1. The molecule has 4 rings (SSSR count). The van der Waals surface area contributed by atoms with Crippen LogP contribution in [0.1, 0.15) is 30.2 Å². The molecule has 1 fully saturated rings. The maximum absolute atomic E-state index is 12.9. The molecular weight excluding hydrogens is 362 g/mol. The maximum Gasteiger partial charge on any atom is 0.244 e. The minimum absolute atomic E-state index is 0.0280. The molecule has 2 aromatic heterocycles. The summed E-state index contributed by atoms with van der Waals surface area (Å²) in [5, 5.41) is 17.1. The van der Waals surface area contributed by atoms with Gasteiger partial charge >= 0.3 is 0 Å². The minimum atomic E-state index is -0.547. The fourth-order valence-electron chi connectivity index (χ4n) is 3.77. The number of nitrogens with zero attached hydrogens (tertiary/aromatic N) is 3. The second kappa shape index (κ2) is 7.62. The van der Waals surface area contributed by atoms with Gasteiger partial charge in [-0.15, -0.1) is 11.3 Å². The first kappa shape index (κ1) is 17.9. The van der Waals surface area contributed by atoms with Crippen LogP contribution in [-0.2, 0) is 11.3 Å². The van der Waals surface area contributed by atoms with Crippen molar-refractivity contribution in [1.29, 1.82) is 0 Å². The highest BCUT2D eigenvalue weighted by Crippen LogP contribution is 2.29. The highest BCUT2D eigenvalue weighted by molar-refractivity contribution is 7.10. The first-order chi connectivity index (χ1) is 13.1. The average molecular weight is 383 g/mol.